The summed E-state index contributed by atoms with van der Waals surface area (Å²) in [5, 5.41) is 9.87. The summed E-state index contributed by atoms with van der Waals surface area (Å²) in [4.78, 5) is 21.9. The summed E-state index contributed by atoms with van der Waals surface area (Å²) >= 11 is 3.11. The van der Waals surface area contributed by atoms with Crippen molar-refractivity contribution < 1.29 is 17.9 Å². The number of carbonyl (C=O) groups is 1. The van der Waals surface area contributed by atoms with E-state index in [1.54, 1.807) is 35.6 Å². The summed E-state index contributed by atoms with van der Waals surface area (Å²) < 4.78 is 30.9. The van der Waals surface area contributed by atoms with Crippen molar-refractivity contribution in [3.8, 4) is 11.6 Å². The third-order valence-electron chi connectivity index (χ3n) is 6.26. The van der Waals surface area contributed by atoms with Gasteiger partial charge in [0.2, 0.25) is 15.9 Å². The van der Waals surface area contributed by atoms with Crippen LogP contribution in [0.2, 0.25) is 0 Å². The van der Waals surface area contributed by atoms with Gasteiger partial charge in [-0.25, -0.2) is 18.2 Å². The maximum absolute atomic E-state index is 13.2. The van der Waals surface area contributed by atoms with Crippen LogP contribution in [0.5, 0.6) is 11.6 Å². The minimum Gasteiger partial charge on any atom is -0.439 e. The number of hydrogen-bond acceptors (Lipinski definition) is 8. The summed E-state index contributed by atoms with van der Waals surface area (Å²) in [6, 6.07) is 16.4. The molecule has 0 radical (unpaired) electrons. The first-order valence-corrected chi connectivity index (χ1v) is 16.1. The summed E-state index contributed by atoms with van der Waals surface area (Å²) in [5.41, 5.74) is 2.49. The number of thiophene rings is 2. The Morgan fingerprint density at radius 1 is 1.10 bits per heavy atom. The lowest BCUT2D eigenvalue weighted by Crippen LogP contribution is -2.48. The number of sulfonamides is 1. The third kappa shape index (κ3) is 8.18. The molecule has 3 aromatic heterocycles. The number of likely N-dealkylation sites (tertiary alicyclic amines) is 1. The number of nitrogens with zero attached hydrogens (tertiary/aromatic N) is 3. The second-order valence-corrected chi connectivity index (χ2v) is 12.7. The van der Waals surface area contributed by atoms with Gasteiger partial charge < -0.3 is 4.74 Å². The number of nitrogens with one attached hydrogen (secondary N) is 2. The van der Waals surface area contributed by atoms with Gasteiger partial charge in [-0.15, -0.1) is 23.7 Å². The molecule has 0 atom stereocenters. The average molecular weight is 620 g/mol. The van der Waals surface area contributed by atoms with Gasteiger partial charge in [0.05, 0.1) is 16.9 Å². The zero-order valence-electron chi connectivity index (χ0n) is 21.7. The Morgan fingerprint density at radius 3 is 2.48 bits per heavy atom. The molecular weight excluding hydrogens is 590 g/mol. The van der Waals surface area contributed by atoms with Crippen molar-refractivity contribution >= 4 is 67.5 Å². The van der Waals surface area contributed by atoms with E-state index in [9.17, 15) is 13.2 Å². The number of benzene rings is 1. The van der Waals surface area contributed by atoms with Crippen molar-refractivity contribution in [3.63, 3.8) is 0 Å². The molecule has 212 valence electrons. The number of aromatic nitrogens is 1. The lowest BCUT2D eigenvalue weighted by Gasteiger charge is -2.38. The Morgan fingerprint density at radius 2 is 1.88 bits per heavy atom. The van der Waals surface area contributed by atoms with Crippen LogP contribution in [-0.2, 0) is 16.6 Å². The highest BCUT2D eigenvalue weighted by Gasteiger charge is 2.29. The third-order valence-corrected chi connectivity index (χ3v) is 8.32. The highest BCUT2D eigenvalue weighted by Crippen LogP contribution is 2.28. The van der Waals surface area contributed by atoms with Crippen molar-refractivity contribution in [2.75, 3.05) is 34.3 Å². The van der Waals surface area contributed by atoms with Crippen LogP contribution < -0.4 is 19.7 Å². The van der Waals surface area contributed by atoms with E-state index in [4.69, 9.17) is 4.74 Å². The molecule has 0 bridgehead atoms. The fraction of sp³-hybridized carbons (Fsp3) is 0.259. The quantitative estimate of drug-likeness (QED) is 0.222. The first kappa shape index (κ1) is 29.8. The molecule has 1 aromatic carbocycles. The number of anilines is 3. The SMILES string of the molecule is CS(=O)(=O)Nc1ccc(Oc2ccc(CN3CCC(N(C(=O)Nc4cccs4)c4ccsc4)CC3)cn2)cc1.Cl. The summed E-state index contributed by atoms with van der Waals surface area (Å²) in [6.45, 7) is 2.53. The van der Waals surface area contributed by atoms with Crippen LogP contribution >= 0.6 is 35.1 Å². The van der Waals surface area contributed by atoms with Crippen molar-refractivity contribution in [3.05, 3.63) is 82.5 Å². The first-order chi connectivity index (χ1) is 18.8. The lowest BCUT2D eigenvalue weighted by molar-refractivity contribution is 0.199. The lowest BCUT2D eigenvalue weighted by atomic mass is 10.0. The zero-order chi connectivity index (χ0) is 27.2. The Balaban J connectivity index is 0.00000370. The van der Waals surface area contributed by atoms with Crippen LogP contribution in [0.1, 0.15) is 18.4 Å². The summed E-state index contributed by atoms with van der Waals surface area (Å²) in [6.07, 6.45) is 4.68. The van der Waals surface area contributed by atoms with Gasteiger partial charge in [-0.3, -0.25) is 19.8 Å². The van der Waals surface area contributed by atoms with Crippen LogP contribution in [-0.4, -0.2) is 49.7 Å². The summed E-state index contributed by atoms with van der Waals surface area (Å²) in [5.74, 6) is 1.03. The standard InChI is InChI=1S/C27H29N5O4S3.ClH/c1-39(34,35)30-21-5-7-24(8-6-21)36-25-9-4-20(17-28-25)18-31-13-10-22(11-14-31)32(23-12-16-37-19-23)27(33)29-26-3-2-15-38-26;/h2-9,12,15-17,19,22,30H,10-11,13-14,18H2,1H3,(H,29,33);1H. The number of rotatable bonds is 9. The molecule has 2 amide bonds. The minimum absolute atomic E-state index is 0. The van der Waals surface area contributed by atoms with Gasteiger partial charge in [0.1, 0.15) is 5.75 Å². The van der Waals surface area contributed by atoms with Gasteiger partial charge in [-0.2, -0.15) is 11.3 Å². The van der Waals surface area contributed by atoms with Crippen molar-refractivity contribution in [1.29, 1.82) is 0 Å². The van der Waals surface area contributed by atoms with Crippen molar-refractivity contribution in [2.45, 2.75) is 25.4 Å². The van der Waals surface area contributed by atoms with Crippen LogP contribution in [0.15, 0.2) is 76.9 Å². The fourth-order valence-electron chi connectivity index (χ4n) is 4.49. The number of carbonyl (C=O) groups excluding carboxylic acids is 1. The minimum atomic E-state index is -3.32. The number of pyridine rings is 1. The van der Waals surface area contributed by atoms with E-state index in [0.717, 1.165) is 55.0 Å². The molecule has 1 aliphatic rings. The zero-order valence-corrected chi connectivity index (χ0v) is 25.0. The summed E-state index contributed by atoms with van der Waals surface area (Å²) in [7, 11) is -3.32. The first-order valence-electron chi connectivity index (χ1n) is 12.4. The maximum Gasteiger partial charge on any atom is 0.327 e. The van der Waals surface area contributed by atoms with E-state index in [0.29, 0.717) is 17.3 Å². The average Bonchev–Trinajstić information content (AvgIpc) is 3.62. The Bertz CT molecular complexity index is 1460. The molecule has 9 nitrogen and oxygen atoms in total. The smallest absolute Gasteiger partial charge is 0.327 e. The number of amides is 2. The van der Waals surface area contributed by atoms with Crippen molar-refractivity contribution in [1.82, 2.24) is 9.88 Å². The normalized spacial score (nSPS) is 14.2. The number of urea groups is 1. The van der Waals surface area contributed by atoms with Crippen molar-refractivity contribution in [2.24, 2.45) is 0 Å². The van der Waals surface area contributed by atoms with E-state index < -0.39 is 10.0 Å². The van der Waals surface area contributed by atoms with Crippen LogP contribution in [0.4, 0.5) is 21.2 Å². The van der Waals surface area contributed by atoms with Gasteiger partial charge in [-0.05, 0) is 71.6 Å². The largest absolute Gasteiger partial charge is 0.439 e. The molecule has 13 heteroatoms. The highest BCUT2D eigenvalue weighted by atomic mass is 35.5. The van der Waals surface area contributed by atoms with Gasteiger partial charge in [0.15, 0.2) is 0 Å². The molecule has 0 spiro atoms. The molecule has 0 aliphatic carbocycles. The molecular formula is C27H30ClN5O4S3. The molecule has 4 aromatic rings. The molecule has 40 heavy (non-hydrogen) atoms. The molecule has 0 saturated carbocycles. The topological polar surface area (TPSA) is 104 Å². The number of halogens is 1. The monoisotopic (exact) mass is 619 g/mol. The van der Waals surface area contributed by atoms with Gasteiger partial charge in [0, 0.05) is 49.0 Å². The van der Waals surface area contributed by atoms with Gasteiger partial charge in [0.25, 0.3) is 0 Å². The highest BCUT2D eigenvalue weighted by molar-refractivity contribution is 7.92. The van der Waals surface area contributed by atoms with Gasteiger partial charge in [-0.1, -0.05) is 6.07 Å². The Labute approximate surface area is 248 Å². The predicted molar refractivity (Wildman–Crippen MR) is 165 cm³/mol. The fourth-order valence-corrected chi connectivity index (χ4v) is 6.29. The molecule has 1 fully saturated rings. The molecule has 4 heterocycles. The van der Waals surface area contributed by atoms with E-state index in [1.165, 1.54) is 11.3 Å². The predicted octanol–water partition coefficient (Wildman–Crippen LogP) is 6.49. The Kier molecular flexibility index (Phi) is 10.0. The van der Waals surface area contributed by atoms with E-state index >= 15 is 0 Å². The second kappa shape index (κ2) is 13.5. The number of piperidine rings is 1. The van der Waals surface area contributed by atoms with Crippen LogP contribution in [0.25, 0.3) is 0 Å². The van der Waals surface area contributed by atoms with Crippen LogP contribution in [0.3, 0.4) is 0 Å². The van der Waals surface area contributed by atoms with E-state index in [-0.39, 0.29) is 24.5 Å². The number of ether oxygens (including phenoxy) is 1. The maximum atomic E-state index is 13.2. The molecule has 5 rings (SSSR count). The molecule has 0 unspecified atom stereocenters. The van der Waals surface area contributed by atoms with Crippen LogP contribution in [0, 0.1) is 0 Å². The molecule has 1 saturated heterocycles. The van der Waals surface area contributed by atoms with E-state index in [2.05, 4.69) is 19.9 Å². The van der Waals surface area contributed by atoms with E-state index in [1.807, 2.05) is 57.6 Å². The number of hydrogen-bond donors (Lipinski definition) is 2. The molecule has 1 aliphatic heterocycles. The van der Waals surface area contributed by atoms with Gasteiger partial charge >= 0.3 is 6.03 Å². The Hall–Kier alpha value is -3.16. The second-order valence-electron chi connectivity index (χ2n) is 9.27. The molecule has 2 N–H and O–H groups in total.